The monoisotopic (exact) mass is 391 g/mol. The van der Waals surface area contributed by atoms with Gasteiger partial charge in [0.2, 0.25) is 0 Å². The van der Waals surface area contributed by atoms with Crippen molar-refractivity contribution in [3.05, 3.63) is 42.1 Å². The second-order valence-corrected chi connectivity index (χ2v) is 10.3. The van der Waals surface area contributed by atoms with Gasteiger partial charge in [0.25, 0.3) is 0 Å². The summed E-state index contributed by atoms with van der Waals surface area (Å²) in [6, 6.07) is 10.8. The SMILES string of the molecule is CC(C)(C)C1CC(Oc2cc(C3=CCC=N3)nc3ccccc23)CN1C(C)(C)C. The Labute approximate surface area is 174 Å². The molecule has 4 rings (SSSR count). The van der Waals surface area contributed by atoms with Crippen LogP contribution in [-0.4, -0.2) is 40.3 Å². The van der Waals surface area contributed by atoms with Gasteiger partial charge >= 0.3 is 0 Å². The molecule has 3 heterocycles. The fourth-order valence-electron chi connectivity index (χ4n) is 4.54. The van der Waals surface area contributed by atoms with Crippen LogP contribution >= 0.6 is 0 Å². The molecule has 0 amide bonds. The van der Waals surface area contributed by atoms with Crippen LogP contribution in [0.5, 0.6) is 5.75 Å². The van der Waals surface area contributed by atoms with Crippen molar-refractivity contribution in [3.63, 3.8) is 0 Å². The number of aromatic nitrogens is 1. The summed E-state index contributed by atoms with van der Waals surface area (Å²) in [4.78, 5) is 11.9. The van der Waals surface area contributed by atoms with Crippen molar-refractivity contribution >= 4 is 22.8 Å². The second-order valence-electron chi connectivity index (χ2n) is 10.3. The van der Waals surface area contributed by atoms with Crippen molar-refractivity contribution < 1.29 is 4.74 Å². The highest BCUT2D eigenvalue weighted by Crippen LogP contribution is 2.39. The van der Waals surface area contributed by atoms with Crippen molar-refractivity contribution in [3.8, 4) is 5.75 Å². The predicted octanol–water partition coefficient (Wildman–Crippen LogP) is 5.72. The molecule has 0 saturated carbocycles. The average molecular weight is 392 g/mol. The van der Waals surface area contributed by atoms with Crippen molar-refractivity contribution in [2.45, 2.75) is 72.1 Å². The van der Waals surface area contributed by atoms with Crippen LogP contribution in [0.4, 0.5) is 0 Å². The Hall–Kier alpha value is -2.20. The maximum absolute atomic E-state index is 6.68. The highest BCUT2D eigenvalue weighted by molar-refractivity contribution is 5.89. The molecule has 2 aliphatic heterocycles. The van der Waals surface area contributed by atoms with E-state index in [1.807, 2.05) is 12.3 Å². The van der Waals surface area contributed by atoms with Gasteiger partial charge in [-0.05, 0) is 38.3 Å². The molecule has 1 aromatic heterocycles. The summed E-state index contributed by atoms with van der Waals surface area (Å²) in [6.07, 6.45) is 6.12. The molecular weight excluding hydrogens is 358 g/mol. The number of allylic oxidation sites excluding steroid dienone is 1. The van der Waals surface area contributed by atoms with Gasteiger partial charge in [-0.1, -0.05) is 39.0 Å². The second kappa shape index (κ2) is 7.24. The molecule has 1 aromatic carbocycles. The number of fused-ring (bicyclic) bond motifs is 1. The number of rotatable bonds is 3. The number of hydrogen-bond acceptors (Lipinski definition) is 4. The Morgan fingerprint density at radius 3 is 2.45 bits per heavy atom. The Morgan fingerprint density at radius 2 is 1.83 bits per heavy atom. The van der Waals surface area contributed by atoms with Gasteiger partial charge in [0, 0.05) is 48.6 Å². The van der Waals surface area contributed by atoms with Gasteiger partial charge in [-0.2, -0.15) is 0 Å². The molecule has 154 valence electrons. The van der Waals surface area contributed by atoms with Crippen LogP contribution in [0.15, 0.2) is 41.4 Å². The van der Waals surface area contributed by atoms with E-state index in [4.69, 9.17) is 9.72 Å². The molecule has 29 heavy (non-hydrogen) atoms. The largest absolute Gasteiger partial charge is 0.488 e. The summed E-state index contributed by atoms with van der Waals surface area (Å²) < 4.78 is 6.68. The summed E-state index contributed by atoms with van der Waals surface area (Å²) in [5.74, 6) is 0.919. The van der Waals surface area contributed by atoms with Gasteiger partial charge in [-0.3, -0.25) is 9.89 Å². The molecule has 2 unspecified atom stereocenters. The third kappa shape index (κ3) is 4.09. The quantitative estimate of drug-likeness (QED) is 0.672. The van der Waals surface area contributed by atoms with Gasteiger partial charge in [-0.25, -0.2) is 4.98 Å². The molecule has 0 bridgehead atoms. The number of nitrogens with zero attached hydrogens (tertiary/aromatic N) is 3. The first-order valence-corrected chi connectivity index (χ1v) is 10.7. The van der Waals surface area contributed by atoms with Crippen molar-refractivity contribution in [1.82, 2.24) is 9.88 Å². The summed E-state index contributed by atoms with van der Waals surface area (Å²) in [5.41, 5.74) is 3.12. The number of ether oxygens (including phenoxy) is 1. The van der Waals surface area contributed by atoms with Crippen LogP contribution in [-0.2, 0) is 0 Å². The van der Waals surface area contributed by atoms with E-state index in [2.05, 4.69) is 81.8 Å². The standard InChI is InChI=1S/C25H33N3O/c1-24(2,3)23-14-17(16-28(23)25(4,5)6)29-22-15-21(20-12-9-13-26-20)27-19-11-8-7-10-18(19)22/h7-8,10-13,15,17,23H,9,14,16H2,1-6H3. The van der Waals surface area contributed by atoms with E-state index in [0.29, 0.717) is 6.04 Å². The Morgan fingerprint density at radius 1 is 1.07 bits per heavy atom. The molecule has 2 atom stereocenters. The van der Waals surface area contributed by atoms with E-state index in [0.717, 1.165) is 47.4 Å². The minimum absolute atomic E-state index is 0.116. The van der Waals surface area contributed by atoms with Crippen LogP contribution in [0.25, 0.3) is 16.6 Å². The zero-order valence-corrected chi connectivity index (χ0v) is 18.6. The average Bonchev–Trinajstić information content (AvgIpc) is 3.31. The number of hydrogen-bond donors (Lipinski definition) is 0. The summed E-state index contributed by atoms with van der Waals surface area (Å²) in [6.45, 7) is 14.9. The first-order chi connectivity index (χ1) is 13.6. The first kappa shape index (κ1) is 20.1. The predicted molar refractivity (Wildman–Crippen MR) is 122 cm³/mol. The van der Waals surface area contributed by atoms with E-state index < -0.39 is 0 Å². The van der Waals surface area contributed by atoms with Gasteiger partial charge in [0.05, 0.1) is 16.9 Å². The zero-order valence-electron chi connectivity index (χ0n) is 18.6. The molecule has 1 saturated heterocycles. The van der Waals surface area contributed by atoms with Gasteiger partial charge in [-0.15, -0.1) is 0 Å². The summed E-state index contributed by atoms with van der Waals surface area (Å²) in [5, 5.41) is 1.07. The zero-order chi connectivity index (χ0) is 20.8. The first-order valence-electron chi connectivity index (χ1n) is 10.7. The van der Waals surface area contributed by atoms with Gasteiger partial charge in [0.1, 0.15) is 11.9 Å². The van der Waals surface area contributed by atoms with E-state index >= 15 is 0 Å². The molecule has 4 nitrogen and oxygen atoms in total. The minimum atomic E-state index is 0.116. The number of benzene rings is 1. The molecule has 1 fully saturated rings. The molecular formula is C25H33N3O. The van der Waals surface area contributed by atoms with Crippen LogP contribution < -0.4 is 4.74 Å². The molecule has 0 aliphatic carbocycles. The highest BCUT2D eigenvalue weighted by atomic mass is 16.5. The lowest BCUT2D eigenvalue weighted by Crippen LogP contribution is -2.49. The maximum Gasteiger partial charge on any atom is 0.131 e. The van der Waals surface area contributed by atoms with Gasteiger partial charge in [0.15, 0.2) is 0 Å². The van der Waals surface area contributed by atoms with Crippen molar-refractivity contribution in [2.75, 3.05) is 6.54 Å². The number of aliphatic imine (C=N–C) groups is 1. The van der Waals surface area contributed by atoms with Crippen LogP contribution in [0.2, 0.25) is 0 Å². The number of para-hydroxylation sites is 1. The lowest BCUT2D eigenvalue weighted by atomic mass is 9.83. The molecule has 0 spiro atoms. The number of likely N-dealkylation sites (tertiary alicyclic amines) is 1. The fraction of sp³-hybridized carbons (Fsp3) is 0.520. The summed E-state index contributed by atoms with van der Waals surface area (Å²) >= 11 is 0. The van der Waals surface area contributed by atoms with Crippen LogP contribution in [0.1, 0.15) is 60.1 Å². The Bertz CT molecular complexity index is 940. The number of pyridine rings is 1. The Balaban J connectivity index is 1.68. The fourth-order valence-corrected chi connectivity index (χ4v) is 4.54. The lowest BCUT2D eigenvalue weighted by Gasteiger charge is -2.42. The van der Waals surface area contributed by atoms with Crippen molar-refractivity contribution in [2.24, 2.45) is 10.4 Å². The van der Waals surface area contributed by atoms with E-state index in [1.165, 1.54) is 0 Å². The smallest absolute Gasteiger partial charge is 0.131 e. The molecule has 0 radical (unpaired) electrons. The van der Waals surface area contributed by atoms with E-state index in [1.54, 1.807) is 0 Å². The van der Waals surface area contributed by atoms with E-state index in [9.17, 15) is 0 Å². The topological polar surface area (TPSA) is 37.7 Å². The van der Waals surface area contributed by atoms with E-state index in [-0.39, 0.29) is 17.1 Å². The third-order valence-electron chi connectivity index (χ3n) is 6.01. The molecule has 2 aliphatic rings. The van der Waals surface area contributed by atoms with Crippen LogP contribution in [0.3, 0.4) is 0 Å². The third-order valence-corrected chi connectivity index (χ3v) is 6.01. The van der Waals surface area contributed by atoms with Crippen LogP contribution in [0, 0.1) is 5.41 Å². The normalized spacial score (nSPS) is 23.0. The summed E-state index contributed by atoms with van der Waals surface area (Å²) in [7, 11) is 0. The Kier molecular flexibility index (Phi) is 5.02. The van der Waals surface area contributed by atoms with Crippen molar-refractivity contribution in [1.29, 1.82) is 0 Å². The minimum Gasteiger partial charge on any atom is -0.488 e. The maximum atomic E-state index is 6.68. The lowest BCUT2D eigenvalue weighted by molar-refractivity contribution is 0.0559. The highest BCUT2D eigenvalue weighted by Gasteiger charge is 2.44. The molecule has 4 heteroatoms. The molecule has 2 aromatic rings. The van der Waals surface area contributed by atoms with Gasteiger partial charge < -0.3 is 4.74 Å². The molecule has 0 N–H and O–H groups in total.